The minimum atomic E-state index is -0.0679. The van der Waals surface area contributed by atoms with Crippen LogP contribution < -0.4 is 0 Å². The Kier molecular flexibility index (Phi) is 3.91. The van der Waals surface area contributed by atoms with E-state index in [9.17, 15) is 4.79 Å². The summed E-state index contributed by atoms with van der Waals surface area (Å²) in [6.45, 7) is 0.458. The molecular weight excluding hydrogens is 374 g/mol. The number of amides is 1. The van der Waals surface area contributed by atoms with Crippen molar-refractivity contribution in [2.75, 3.05) is 7.05 Å². The summed E-state index contributed by atoms with van der Waals surface area (Å²) in [6.07, 6.45) is 1.91. The number of rotatable bonds is 4. The SMILES string of the molecule is CN(Cc1ccc2nonc2c1)C(=O)c1csc2nc(-c3ccccc3)cn12. The number of aromatic nitrogens is 4. The van der Waals surface area contributed by atoms with Crippen LogP contribution in [0.3, 0.4) is 0 Å². The smallest absolute Gasteiger partial charge is 0.271 e. The van der Waals surface area contributed by atoms with E-state index >= 15 is 0 Å². The first kappa shape index (κ1) is 16.6. The lowest BCUT2D eigenvalue weighted by molar-refractivity contribution is 0.0778. The quantitative estimate of drug-likeness (QED) is 0.466. The molecule has 138 valence electrons. The molecule has 5 aromatic rings. The Morgan fingerprint density at radius 1 is 1.14 bits per heavy atom. The number of benzene rings is 2. The molecule has 8 heteroatoms. The summed E-state index contributed by atoms with van der Waals surface area (Å²) in [5, 5.41) is 9.50. The molecule has 0 N–H and O–H groups in total. The predicted octanol–water partition coefficient (Wildman–Crippen LogP) is 3.87. The minimum absolute atomic E-state index is 0.0679. The average Bonchev–Trinajstić information content (AvgIpc) is 3.43. The van der Waals surface area contributed by atoms with Gasteiger partial charge in [-0.25, -0.2) is 9.61 Å². The highest BCUT2D eigenvalue weighted by atomic mass is 32.1. The first-order valence-corrected chi connectivity index (χ1v) is 9.56. The number of imidazole rings is 1. The van der Waals surface area contributed by atoms with Crippen molar-refractivity contribution in [3.05, 3.63) is 71.4 Å². The van der Waals surface area contributed by atoms with Crippen LogP contribution in [0.4, 0.5) is 0 Å². The first-order chi connectivity index (χ1) is 13.7. The Morgan fingerprint density at radius 3 is 2.82 bits per heavy atom. The maximum Gasteiger partial charge on any atom is 0.271 e. The van der Waals surface area contributed by atoms with Gasteiger partial charge in [0, 0.05) is 30.7 Å². The maximum absolute atomic E-state index is 13.0. The molecule has 0 saturated heterocycles. The minimum Gasteiger partial charge on any atom is -0.336 e. The van der Waals surface area contributed by atoms with Gasteiger partial charge in [-0.3, -0.25) is 9.20 Å². The van der Waals surface area contributed by atoms with E-state index in [-0.39, 0.29) is 5.91 Å². The summed E-state index contributed by atoms with van der Waals surface area (Å²) in [5.41, 5.74) is 4.82. The zero-order valence-electron chi connectivity index (χ0n) is 14.9. The molecule has 3 aromatic heterocycles. The van der Waals surface area contributed by atoms with Crippen LogP contribution >= 0.6 is 11.3 Å². The molecule has 0 aliphatic carbocycles. The topological polar surface area (TPSA) is 76.5 Å². The monoisotopic (exact) mass is 389 g/mol. The fourth-order valence-corrected chi connectivity index (χ4v) is 4.00. The first-order valence-electron chi connectivity index (χ1n) is 8.68. The van der Waals surface area contributed by atoms with Crippen molar-refractivity contribution in [1.29, 1.82) is 0 Å². The van der Waals surface area contributed by atoms with Gasteiger partial charge in [-0.05, 0) is 28.0 Å². The predicted molar refractivity (Wildman–Crippen MR) is 106 cm³/mol. The molecule has 0 aliphatic rings. The van der Waals surface area contributed by atoms with Crippen LogP contribution in [-0.2, 0) is 6.54 Å². The van der Waals surface area contributed by atoms with Crippen LogP contribution in [0.1, 0.15) is 16.1 Å². The highest BCUT2D eigenvalue weighted by molar-refractivity contribution is 7.15. The molecule has 0 bridgehead atoms. The summed E-state index contributed by atoms with van der Waals surface area (Å²) in [7, 11) is 1.78. The third kappa shape index (κ3) is 2.84. The molecule has 0 radical (unpaired) electrons. The molecule has 0 saturated carbocycles. The van der Waals surface area contributed by atoms with E-state index in [0.29, 0.717) is 23.3 Å². The number of carbonyl (C=O) groups is 1. The van der Waals surface area contributed by atoms with Crippen molar-refractivity contribution in [1.82, 2.24) is 24.6 Å². The number of hydrogen-bond acceptors (Lipinski definition) is 6. The summed E-state index contributed by atoms with van der Waals surface area (Å²) in [4.78, 5) is 20.1. The molecule has 0 aliphatic heterocycles. The largest absolute Gasteiger partial charge is 0.336 e. The van der Waals surface area contributed by atoms with Crippen molar-refractivity contribution >= 4 is 33.2 Å². The molecule has 3 heterocycles. The Labute approximate surface area is 163 Å². The van der Waals surface area contributed by atoms with Crippen LogP contribution in [0, 0.1) is 0 Å². The lowest BCUT2D eigenvalue weighted by Crippen LogP contribution is -2.27. The van der Waals surface area contributed by atoms with Crippen LogP contribution in [0.5, 0.6) is 0 Å². The third-order valence-corrected chi connectivity index (χ3v) is 5.42. The van der Waals surface area contributed by atoms with Crippen molar-refractivity contribution in [2.45, 2.75) is 6.54 Å². The summed E-state index contributed by atoms with van der Waals surface area (Å²) in [6, 6.07) is 15.6. The molecule has 0 spiro atoms. The number of thiazole rings is 1. The molecule has 0 unspecified atom stereocenters. The van der Waals surface area contributed by atoms with Gasteiger partial charge in [0.05, 0.1) is 5.69 Å². The number of carbonyl (C=O) groups excluding carboxylic acids is 1. The van der Waals surface area contributed by atoms with Gasteiger partial charge < -0.3 is 4.90 Å². The van der Waals surface area contributed by atoms with Gasteiger partial charge >= 0.3 is 0 Å². The molecule has 0 atom stereocenters. The highest BCUT2D eigenvalue weighted by Gasteiger charge is 2.19. The van der Waals surface area contributed by atoms with Crippen LogP contribution in [-0.4, -0.2) is 37.6 Å². The van der Waals surface area contributed by atoms with Gasteiger partial charge in [-0.1, -0.05) is 36.4 Å². The number of nitrogens with zero attached hydrogens (tertiary/aromatic N) is 5. The summed E-state index contributed by atoms with van der Waals surface area (Å²) < 4.78 is 6.59. The fourth-order valence-electron chi connectivity index (χ4n) is 3.15. The average molecular weight is 389 g/mol. The molecular formula is C20H15N5O2S. The number of fused-ring (bicyclic) bond motifs is 2. The normalized spacial score (nSPS) is 11.3. The summed E-state index contributed by atoms with van der Waals surface area (Å²) >= 11 is 1.46. The second-order valence-electron chi connectivity index (χ2n) is 6.51. The fraction of sp³-hybridized carbons (Fsp3) is 0.100. The van der Waals surface area contributed by atoms with E-state index in [4.69, 9.17) is 4.63 Å². The zero-order valence-corrected chi connectivity index (χ0v) is 15.8. The van der Waals surface area contributed by atoms with E-state index in [0.717, 1.165) is 21.8 Å². The van der Waals surface area contributed by atoms with Crippen LogP contribution in [0.25, 0.3) is 27.3 Å². The van der Waals surface area contributed by atoms with Gasteiger partial charge in [-0.15, -0.1) is 11.3 Å². The molecule has 0 fully saturated rings. The van der Waals surface area contributed by atoms with Gasteiger partial charge in [0.1, 0.15) is 16.7 Å². The van der Waals surface area contributed by atoms with Gasteiger partial charge in [0.25, 0.3) is 5.91 Å². The van der Waals surface area contributed by atoms with Crippen molar-refractivity contribution < 1.29 is 9.42 Å². The third-order valence-electron chi connectivity index (χ3n) is 4.58. The standard InChI is InChI=1S/C20H15N5O2S/c1-24(10-13-7-8-15-16(9-13)23-27-22-15)19(26)18-12-28-20-21-17(11-25(18)20)14-5-3-2-4-6-14/h2-9,11-12H,10H2,1H3. The van der Waals surface area contributed by atoms with Crippen molar-refractivity contribution in [3.63, 3.8) is 0 Å². The van der Waals surface area contributed by atoms with Crippen molar-refractivity contribution in [2.24, 2.45) is 0 Å². The van der Waals surface area contributed by atoms with Gasteiger partial charge in [-0.2, -0.15) is 0 Å². The Bertz CT molecular complexity index is 1290. The lowest BCUT2D eigenvalue weighted by Gasteiger charge is -2.16. The molecule has 28 heavy (non-hydrogen) atoms. The van der Waals surface area contributed by atoms with E-state index < -0.39 is 0 Å². The second kappa shape index (κ2) is 6.58. The summed E-state index contributed by atoms with van der Waals surface area (Å²) in [5.74, 6) is -0.0679. The van der Waals surface area contributed by atoms with E-state index in [1.807, 2.05) is 64.5 Å². The Hall–Kier alpha value is -3.52. The maximum atomic E-state index is 13.0. The lowest BCUT2D eigenvalue weighted by atomic mass is 10.2. The second-order valence-corrected chi connectivity index (χ2v) is 7.35. The zero-order chi connectivity index (χ0) is 19.1. The van der Waals surface area contributed by atoms with E-state index in [1.54, 1.807) is 11.9 Å². The van der Waals surface area contributed by atoms with Gasteiger partial charge in [0.15, 0.2) is 4.96 Å². The molecule has 5 rings (SSSR count). The Morgan fingerprint density at radius 2 is 1.96 bits per heavy atom. The molecule has 1 amide bonds. The van der Waals surface area contributed by atoms with Crippen LogP contribution in [0.15, 0.2) is 64.7 Å². The van der Waals surface area contributed by atoms with Crippen LogP contribution in [0.2, 0.25) is 0 Å². The van der Waals surface area contributed by atoms with Crippen molar-refractivity contribution in [3.8, 4) is 11.3 Å². The van der Waals surface area contributed by atoms with E-state index in [2.05, 4.69) is 15.3 Å². The highest BCUT2D eigenvalue weighted by Crippen LogP contribution is 2.24. The van der Waals surface area contributed by atoms with Gasteiger partial charge in [0.2, 0.25) is 0 Å². The number of hydrogen-bond donors (Lipinski definition) is 0. The van der Waals surface area contributed by atoms with E-state index in [1.165, 1.54) is 11.3 Å². The molecule has 2 aromatic carbocycles. The Balaban J connectivity index is 1.42. The molecule has 7 nitrogen and oxygen atoms in total.